The van der Waals surface area contributed by atoms with Gasteiger partial charge in [-0.2, -0.15) is 0 Å². The molecule has 0 spiro atoms. The summed E-state index contributed by atoms with van der Waals surface area (Å²) in [5, 5.41) is 26.7. The first-order valence-electron chi connectivity index (χ1n) is 48.9. The van der Waals surface area contributed by atoms with Gasteiger partial charge in [0.1, 0.15) is 87.7 Å². The number of allylic oxidation sites excluding steroid dienone is 3. The molecule has 13 aliphatic rings. The van der Waals surface area contributed by atoms with E-state index in [4.69, 9.17) is 23.7 Å². The number of rotatable bonds is 14. The summed E-state index contributed by atoms with van der Waals surface area (Å²) in [6.45, 7) is 23.4. The molecule has 14 rings (SSSR count). The van der Waals surface area contributed by atoms with Crippen molar-refractivity contribution in [1.29, 1.82) is 0 Å². The van der Waals surface area contributed by atoms with Crippen molar-refractivity contribution < 1.29 is 140 Å². The van der Waals surface area contributed by atoms with E-state index in [0.717, 1.165) is 38.5 Å². The number of alkyl carbamates (subject to hydrolysis) is 3. The summed E-state index contributed by atoms with van der Waals surface area (Å²) >= 11 is 0. The van der Waals surface area contributed by atoms with Crippen LogP contribution in [0.1, 0.15) is 288 Å². The van der Waals surface area contributed by atoms with Crippen molar-refractivity contribution in [2.24, 2.45) is 17.8 Å². The Morgan fingerprint density at radius 1 is 0.437 bits per heavy atom. The van der Waals surface area contributed by atoms with Crippen molar-refractivity contribution in [2.75, 3.05) is 19.6 Å². The van der Waals surface area contributed by atoms with Crippen LogP contribution in [-0.4, -0.2) is 267 Å². The lowest BCUT2D eigenvalue weighted by Crippen LogP contribution is -2.58. The van der Waals surface area contributed by atoms with Crippen molar-refractivity contribution >= 4 is 126 Å². The average molecular weight is 2060 g/mol. The van der Waals surface area contributed by atoms with Crippen LogP contribution in [-0.2, 0) is 129 Å². The SMILES string of the molecule is CC(=O)OC(C)=O.CC(=O)O[C@@H]1C[C@H]2C(=O)N[C@]3(C(=O)NS(=O)(=O)C4(C)CC4)C[C@H]3/C=C\CCCCC[C@H](NC(=O)OC(C)(C)C)C(=O)N2C1.CC(C)(C)OC(=O)N[C@H]1CCCCC/C=C\[C@@H]2C[C@@]2(C(=O)NS(=O)(=O)C2(C)CC2)NC(=O)[C@@H]2C[C@@H](O)CN2C1=O.CC(C)(C)OC(=O)N[C@H]1CCCCC/C=C\[C@@H]2C[C@@]2(C(=O)NS(=O)(=O)C2(C)CC2)NC(=O)[C@@H]2C[C@@H](OC(=O)N3Cc4cccc(F)c4C3)CN2C1=O. The minimum atomic E-state index is -4.02. The number of hydrogen-bond acceptors (Lipinski definition) is 29. The molecule has 42 nitrogen and oxygen atoms in total. The molecule has 1 aromatic carbocycles. The number of halogens is 1. The van der Waals surface area contributed by atoms with Crippen molar-refractivity contribution in [3.63, 3.8) is 0 Å². The predicted molar refractivity (Wildman–Crippen MR) is 507 cm³/mol. The first kappa shape index (κ1) is 111. The zero-order chi connectivity index (χ0) is 105. The van der Waals surface area contributed by atoms with Gasteiger partial charge >= 0.3 is 42.3 Å². The summed E-state index contributed by atoms with van der Waals surface area (Å²) in [5.41, 5.74) is -5.92. The Bertz CT molecular complexity index is 5480. The van der Waals surface area contributed by atoms with Gasteiger partial charge in [-0.1, -0.05) is 87.1 Å². The quantitative estimate of drug-likeness (QED) is 0.0402. The first-order valence-corrected chi connectivity index (χ1v) is 53.3. The molecular weight excluding hydrogens is 1910 g/mol. The van der Waals surface area contributed by atoms with Gasteiger partial charge in [0.15, 0.2) is 0 Å². The van der Waals surface area contributed by atoms with E-state index >= 15 is 0 Å². The van der Waals surface area contributed by atoms with Crippen molar-refractivity contribution in [3.8, 4) is 0 Å². The normalized spacial score (nSPS) is 30.0. The van der Waals surface area contributed by atoms with Crippen LogP contribution in [0.2, 0.25) is 0 Å². The molecule has 0 unspecified atom stereocenters. The van der Waals surface area contributed by atoms with Crippen LogP contribution in [0.5, 0.6) is 0 Å². The van der Waals surface area contributed by atoms with Crippen LogP contribution in [0, 0.1) is 23.6 Å². The predicted octanol–water partition coefficient (Wildman–Crippen LogP) is 6.67. The minimum absolute atomic E-state index is 0.00348. The maximum atomic E-state index is 14.4. The second-order valence-corrected chi connectivity index (χ2v) is 49.8. The molecule has 1 aromatic rings. The number of hydrogen-bond donors (Lipinski definition) is 10. The number of esters is 3. The molecule has 6 saturated carbocycles. The van der Waals surface area contributed by atoms with Crippen LogP contribution in [0.15, 0.2) is 54.7 Å². The molecule has 0 bridgehead atoms. The molecule has 9 fully saturated rings. The number of benzene rings is 1. The Kier molecular flexibility index (Phi) is 34.5. The standard InChI is InChI=1S/C36H48FN5O9S.C29H44N4O9S.C27H42N4O8S.C4H6O3/c1-34(2,3)51-32(46)38-27-14-9-7-5-6-8-12-23-18-36(23,31(45)40-52(48,49)35(4)15-16-35)39-29(43)28-17-24(20-42(28)30(27)44)50-33(47)41-19-22-11-10-13-26(37)25(22)21-41;1-18(34)41-20-15-22-23(35)31-29(25(37)32-43(39,40)28(5)13-14-28)16-19(29)11-9-7-6-8-10-12-21(24(36)33(22)17-20)30-26(38)42-27(2,3)4;1-25(2,3)39-24(36)28-19-11-9-7-5-6-8-10-17-15-27(17,23(35)30-40(37,38)26(4)12-13-26)29-21(33)20-14-18(32)16-31(20)22(19)34;1-3(5)7-4(2)6/h8,10-13,23-24,27-28H,5-7,9,14-21H2,1-4H3,(H,38,46)(H,39,43)(H,40,45);9,11,19-22H,6-8,10,12-17H2,1-5H3,(H,30,38)(H,31,35)(H,32,37);8,10,17-20,32H,5-7,9,11-16H2,1-4H3,(H,28,36)(H,29,33)(H,30,35);1-2H3/b12-8-;11-9-;10-8-;/t23-,24-,27+,28+,36-;19-,20-,21+,22+,29-;17-,18-,19+,20+,27-;/m111./s1. The summed E-state index contributed by atoms with van der Waals surface area (Å²) < 4.78 is 127. The lowest BCUT2D eigenvalue weighted by atomic mass is 10.0. The van der Waals surface area contributed by atoms with E-state index in [1.165, 1.54) is 46.4 Å². The highest BCUT2D eigenvalue weighted by Gasteiger charge is 2.67. The van der Waals surface area contributed by atoms with Crippen LogP contribution in [0.25, 0.3) is 0 Å². The lowest BCUT2D eigenvalue weighted by molar-refractivity contribution is -0.156. The van der Waals surface area contributed by atoms with E-state index < -0.39 is 251 Å². The van der Waals surface area contributed by atoms with Crippen LogP contribution >= 0.6 is 0 Å². The molecule has 0 radical (unpaired) electrons. The number of carbonyl (C=O) groups is 16. The number of aliphatic hydroxyl groups excluding tert-OH is 1. The zero-order valence-electron chi connectivity index (χ0n) is 83.5. The van der Waals surface area contributed by atoms with Gasteiger partial charge in [-0.15, -0.1) is 0 Å². The van der Waals surface area contributed by atoms with Gasteiger partial charge in [0.2, 0.25) is 65.5 Å². The molecular formula is C96H140FN13O29S3. The Labute approximate surface area is 828 Å². The smallest absolute Gasteiger partial charge is 0.410 e. The first-order chi connectivity index (χ1) is 66.1. The van der Waals surface area contributed by atoms with E-state index in [1.54, 1.807) is 95.2 Å². The summed E-state index contributed by atoms with van der Waals surface area (Å²) in [6, 6.07) is -1.90. The number of ether oxygens (including phenoxy) is 6. The van der Waals surface area contributed by atoms with E-state index in [-0.39, 0.29) is 77.7 Å². The molecule has 7 heterocycles. The minimum Gasteiger partial charge on any atom is -0.461 e. The van der Waals surface area contributed by atoms with Gasteiger partial charge < -0.3 is 80.1 Å². The Morgan fingerprint density at radius 2 is 0.761 bits per heavy atom. The molecule has 6 aliphatic carbocycles. The number of sulfonamides is 3. The Hall–Kier alpha value is -10.9. The number of nitrogens with one attached hydrogen (secondary N) is 9. The van der Waals surface area contributed by atoms with E-state index in [0.29, 0.717) is 101 Å². The summed E-state index contributed by atoms with van der Waals surface area (Å²) in [6.07, 6.45) is 17.8. The van der Waals surface area contributed by atoms with Gasteiger partial charge in [0.05, 0.1) is 40.0 Å². The van der Waals surface area contributed by atoms with Gasteiger partial charge in [0.25, 0.3) is 17.7 Å². The number of aliphatic hydroxyl groups is 1. The van der Waals surface area contributed by atoms with Crippen LogP contribution in [0.4, 0.5) is 23.6 Å². The van der Waals surface area contributed by atoms with Gasteiger partial charge in [0, 0.05) is 76.4 Å². The van der Waals surface area contributed by atoms with Gasteiger partial charge in [-0.25, -0.2) is 48.8 Å². The van der Waals surface area contributed by atoms with Crippen molar-refractivity contribution in [3.05, 3.63) is 71.6 Å². The lowest BCUT2D eigenvalue weighted by Gasteiger charge is -2.30. The summed E-state index contributed by atoms with van der Waals surface area (Å²) in [7, 11) is -11.9. The molecule has 142 heavy (non-hydrogen) atoms. The third kappa shape index (κ3) is 28.4. The monoisotopic (exact) mass is 2050 g/mol. The fraction of sp³-hybridized carbons (Fsp3) is 0.708. The number of carbonyl (C=O) groups excluding carboxylic acids is 16. The summed E-state index contributed by atoms with van der Waals surface area (Å²) in [4.78, 5) is 212. The third-order valence-electron chi connectivity index (χ3n) is 27.6. The highest BCUT2D eigenvalue weighted by molar-refractivity contribution is 7.92. The average Bonchev–Trinajstić information content (AvgIpc) is 1.57. The van der Waals surface area contributed by atoms with Crippen LogP contribution in [0.3, 0.4) is 0 Å². The number of amides is 13. The van der Waals surface area contributed by atoms with Crippen LogP contribution < -0.4 is 46.1 Å². The molecule has 7 aliphatic heterocycles. The molecule has 46 heteroatoms. The van der Waals surface area contributed by atoms with Gasteiger partial charge in [-0.3, -0.25) is 76.6 Å². The molecule has 15 atom stereocenters. The molecule has 10 N–H and O–H groups in total. The summed E-state index contributed by atoms with van der Waals surface area (Å²) in [5.74, 6) is -9.63. The third-order valence-corrected chi connectivity index (χ3v) is 34.1. The van der Waals surface area contributed by atoms with Crippen molar-refractivity contribution in [1.82, 2.24) is 65.7 Å². The number of nitrogens with zero attached hydrogens (tertiary/aromatic N) is 4. The highest BCUT2D eigenvalue weighted by Crippen LogP contribution is 2.52. The topological polar surface area (TPSA) is 572 Å². The second-order valence-electron chi connectivity index (χ2n) is 43.2. The number of fused-ring (bicyclic) bond motifs is 7. The van der Waals surface area contributed by atoms with E-state index in [2.05, 4.69) is 50.8 Å². The fourth-order valence-electron chi connectivity index (χ4n) is 18.3. The largest absolute Gasteiger partial charge is 0.461 e. The van der Waals surface area contributed by atoms with Crippen molar-refractivity contribution in [2.45, 2.75) is 393 Å². The fourth-order valence-corrected chi connectivity index (χ4v) is 22.2. The second kappa shape index (κ2) is 44.0. The maximum Gasteiger partial charge on any atom is 0.410 e. The maximum absolute atomic E-state index is 14.4. The highest BCUT2D eigenvalue weighted by atomic mass is 32.2. The molecule has 13 amide bonds. The molecule has 788 valence electrons. The zero-order valence-corrected chi connectivity index (χ0v) is 86.0. The van der Waals surface area contributed by atoms with E-state index in [9.17, 15) is 111 Å². The molecule has 0 aromatic heterocycles. The van der Waals surface area contributed by atoms with Gasteiger partial charge in [-0.05, 0) is 210 Å². The Morgan fingerprint density at radius 3 is 1.06 bits per heavy atom. The Balaban J connectivity index is 0.000000198. The molecule has 3 saturated heterocycles. The van der Waals surface area contributed by atoms with E-state index in [1.807, 2.05) is 36.5 Å².